The highest BCUT2D eigenvalue weighted by atomic mass is 16.5. The lowest BCUT2D eigenvalue weighted by molar-refractivity contribution is -0.139. The number of hydrogen-bond donors (Lipinski definition) is 5. The zero-order valence-corrected chi connectivity index (χ0v) is 24.4. The van der Waals surface area contributed by atoms with Gasteiger partial charge in [-0.15, -0.1) is 0 Å². The van der Waals surface area contributed by atoms with Crippen molar-refractivity contribution in [3.05, 3.63) is 61.4 Å². The van der Waals surface area contributed by atoms with E-state index in [1.54, 1.807) is 6.92 Å². The van der Waals surface area contributed by atoms with Crippen LogP contribution in [0.1, 0.15) is 32.6 Å². The predicted octanol–water partition coefficient (Wildman–Crippen LogP) is -2.16. The Labute approximate surface area is 257 Å². The zero-order valence-electron chi connectivity index (χ0n) is 24.4. The van der Waals surface area contributed by atoms with Crippen molar-refractivity contribution in [1.82, 2.24) is 36.4 Å². The molecule has 0 saturated heterocycles. The Kier molecular flexibility index (Phi) is 13.1. The van der Waals surface area contributed by atoms with Crippen LogP contribution in [0.25, 0.3) is 0 Å². The molecule has 2 heterocycles. The average Bonchev–Trinajstić information content (AvgIpc) is 3.44. The molecule has 9 amide bonds. The Morgan fingerprint density at radius 3 is 1.38 bits per heavy atom. The minimum Gasteiger partial charge on any atom is -0.489 e. The van der Waals surface area contributed by atoms with Gasteiger partial charge in [-0.2, -0.15) is 0 Å². The maximum atomic E-state index is 12.7. The van der Waals surface area contributed by atoms with Crippen LogP contribution in [-0.4, -0.2) is 88.7 Å². The van der Waals surface area contributed by atoms with Gasteiger partial charge in [0.25, 0.3) is 29.5 Å². The van der Waals surface area contributed by atoms with Crippen LogP contribution in [0.3, 0.4) is 0 Å². The van der Waals surface area contributed by atoms with Crippen LogP contribution < -0.4 is 26.6 Å². The van der Waals surface area contributed by atoms with E-state index < -0.39 is 72.0 Å². The zero-order chi connectivity index (χ0) is 33.7. The number of nitrogens with one attached hydrogen (secondary N) is 5. The molecule has 0 bridgehead atoms. The van der Waals surface area contributed by atoms with Crippen LogP contribution >= 0.6 is 0 Å². The molecule has 0 aromatic rings. The van der Waals surface area contributed by atoms with Crippen molar-refractivity contribution >= 4 is 53.2 Å². The average molecular weight is 628 g/mol. The molecule has 0 aromatic carbocycles. The molecule has 0 unspecified atom stereocenters. The second-order valence-corrected chi connectivity index (χ2v) is 9.41. The van der Waals surface area contributed by atoms with Gasteiger partial charge >= 0.3 is 0 Å². The first-order chi connectivity index (χ1) is 21.2. The molecule has 0 radical (unpaired) electrons. The summed E-state index contributed by atoms with van der Waals surface area (Å²) in [6, 6.07) is -1.14. The van der Waals surface area contributed by atoms with Crippen molar-refractivity contribution in [3.8, 4) is 0 Å². The standard InChI is InChI=1S/C28H33N7O10/c1-5-45-16(2)28(44)33-19(14-22(38)31-17(3)29-20(36)10-12-34-24(40)6-7-25(34)41)15-23(39)32-18(4)30-21(37)11-13-35-26(42)8-9-27(35)43/h6-9,19H,2-5,10-15H2,1H3,(H,29,36)(H,30,37)(H,31,38)(H,32,39)(H,33,44). The smallest absolute Gasteiger partial charge is 0.285 e. The van der Waals surface area contributed by atoms with Gasteiger partial charge in [-0.3, -0.25) is 53.0 Å². The molecule has 2 rings (SSSR count). The predicted molar refractivity (Wildman–Crippen MR) is 154 cm³/mol. The Morgan fingerprint density at radius 2 is 1.02 bits per heavy atom. The Morgan fingerprint density at radius 1 is 0.667 bits per heavy atom. The van der Waals surface area contributed by atoms with E-state index in [9.17, 15) is 43.2 Å². The third-order valence-corrected chi connectivity index (χ3v) is 5.86. The van der Waals surface area contributed by atoms with Gasteiger partial charge in [-0.05, 0) is 6.92 Å². The van der Waals surface area contributed by atoms with Gasteiger partial charge < -0.3 is 31.3 Å². The largest absolute Gasteiger partial charge is 0.489 e. The topological polar surface area (TPSA) is 229 Å². The van der Waals surface area contributed by atoms with Crippen LogP contribution in [0.5, 0.6) is 0 Å². The van der Waals surface area contributed by atoms with Gasteiger partial charge in [0.05, 0.1) is 6.61 Å². The molecule has 0 atom stereocenters. The SMILES string of the molecule is C=C(NC(=O)CCN1C(=O)C=CC1=O)NC(=O)CC(CC(=O)NC(=C)NC(=O)CCN1C(=O)C=CC1=O)NC(=O)C(=C)OCC. The second kappa shape index (κ2) is 16.7. The lowest BCUT2D eigenvalue weighted by Crippen LogP contribution is -2.45. The number of ether oxygens (including phenoxy) is 1. The van der Waals surface area contributed by atoms with Crippen molar-refractivity contribution in [3.63, 3.8) is 0 Å². The van der Waals surface area contributed by atoms with Crippen molar-refractivity contribution in [1.29, 1.82) is 0 Å². The number of carbonyl (C=O) groups is 9. The van der Waals surface area contributed by atoms with E-state index in [0.717, 1.165) is 34.1 Å². The molecule has 2 aliphatic heterocycles. The summed E-state index contributed by atoms with van der Waals surface area (Å²) in [5.74, 6) is -6.59. The normalized spacial score (nSPS) is 13.6. The minimum atomic E-state index is -1.14. The monoisotopic (exact) mass is 627 g/mol. The lowest BCUT2D eigenvalue weighted by atomic mass is 10.1. The third-order valence-electron chi connectivity index (χ3n) is 5.86. The summed E-state index contributed by atoms with van der Waals surface area (Å²) in [6.45, 7) is 11.9. The van der Waals surface area contributed by atoms with Gasteiger partial charge in [-0.25, -0.2) is 0 Å². The molecular formula is C28H33N7O10. The van der Waals surface area contributed by atoms with Crippen molar-refractivity contribution in [2.24, 2.45) is 0 Å². The Hall–Kier alpha value is -5.87. The third kappa shape index (κ3) is 11.7. The Bertz CT molecular complexity index is 1270. The summed E-state index contributed by atoms with van der Waals surface area (Å²) < 4.78 is 5.05. The minimum absolute atomic E-state index is 0.129. The van der Waals surface area contributed by atoms with Gasteiger partial charge in [0.15, 0.2) is 5.76 Å². The lowest BCUT2D eigenvalue weighted by Gasteiger charge is -2.20. The van der Waals surface area contributed by atoms with Crippen LogP contribution in [-0.2, 0) is 47.9 Å². The van der Waals surface area contributed by atoms with Crippen LogP contribution in [0.15, 0.2) is 61.4 Å². The van der Waals surface area contributed by atoms with Crippen LogP contribution in [0.2, 0.25) is 0 Å². The molecule has 240 valence electrons. The summed E-state index contributed by atoms with van der Waals surface area (Å²) in [5, 5.41) is 11.7. The number of imide groups is 2. The highest BCUT2D eigenvalue weighted by Crippen LogP contribution is 2.07. The number of carbonyl (C=O) groups excluding carboxylic acids is 9. The molecule has 0 aliphatic carbocycles. The molecule has 0 fully saturated rings. The van der Waals surface area contributed by atoms with E-state index in [0.29, 0.717) is 0 Å². The highest BCUT2D eigenvalue weighted by Gasteiger charge is 2.26. The first-order valence-electron chi connectivity index (χ1n) is 13.5. The summed E-state index contributed by atoms with van der Waals surface area (Å²) >= 11 is 0. The number of amides is 9. The van der Waals surface area contributed by atoms with Crippen molar-refractivity contribution in [2.75, 3.05) is 19.7 Å². The fraction of sp³-hybridized carbons (Fsp3) is 0.321. The van der Waals surface area contributed by atoms with Crippen molar-refractivity contribution in [2.45, 2.75) is 38.6 Å². The first-order valence-corrected chi connectivity index (χ1v) is 13.5. The maximum Gasteiger partial charge on any atom is 0.285 e. The van der Waals surface area contributed by atoms with E-state index in [4.69, 9.17) is 4.74 Å². The summed E-state index contributed by atoms with van der Waals surface area (Å²) in [6.07, 6.45) is 2.80. The quantitative estimate of drug-likeness (QED) is 0.0628. The molecule has 45 heavy (non-hydrogen) atoms. The van der Waals surface area contributed by atoms with E-state index in [1.807, 2.05) is 0 Å². The molecule has 0 aromatic heterocycles. The molecule has 0 saturated carbocycles. The molecule has 2 aliphatic rings. The molecule has 17 nitrogen and oxygen atoms in total. The Balaban J connectivity index is 1.87. The van der Waals surface area contributed by atoms with E-state index in [2.05, 4.69) is 46.3 Å². The van der Waals surface area contributed by atoms with Gasteiger partial charge in [-0.1, -0.05) is 19.7 Å². The van der Waals surface area contributed by atoms with E-state index >= 15 is 0 Å². The molecule has 5 N–H and O–H groups in total. The van der Waals surface area contributed by atoms with E-state index in [-0.39, 0.29) is 49.9 Å². The van der Waals surface area contributed by atoms with Crippen molar-refractivity contribution < 1.29 is 47.9 Å². The number of hydrogen-bond acceptors (Lipinski definition) is 10. The van der Waals surface area contributed by atoms with Gasteiger partial charge in [0.2, 0.25) is 23.6 Å². The summed E-state index contributed by atoms with van der Waals surface area (Å²) in [7, 11) is 0. The van der Waals surface area contributed by atoms with Crippen LogP contribution in [0, 0.1) is 0 Å². The van der Waals surface area contributed by atoms with Gasteiger partial charge in [0, 0.05) is 69.1 Å². The molecule has 0 spiro atoms. The molecule has 17 heteroatoms. The van der Waals surface area contributed by atoms with E-state index in [1.165, 1.54) is 0 Å². The summed E-state index contributed by atoms with van der Waals surface area (Å²) in [4.78, 5) is 110. The highest BCUT2D eigenvalue weighted by molar-refractivity contribution is 6.13. The van der Waals surface area contributed by atoms with Gasteiger partial charge in [0.1, 0.15) is 11.6 Å². The maximum absolute atomic E-state index is 12.7. The molecular weight excluding hydrogens is 594 g/mol. The van der Waals surface area contributed by atoms with Crippen LogP contribution in [0.4, 0.5) is 0 Å². The first kappa shape index (κ1) is 35.3. The summed E-state index contributed by atoms with van der Waals surface area (Å²) in [5.41, 5.74) is 0. The number of nitrogens with zero attached hydrogens (tertiary/aromatic N) is 2. The second-order valence-electron chi connectivity index (χ2n) is 9.41. The fourth-order valence-electron chi connectivity index (χ4n) is 3.82. The fourth-order valence-corrected chi connectivity index (χ4v) is 3.82. The number of rotatable bonds is 18.